The van der Waals surface area contributed by atoms with Crippen molar-refractivity contribution in [2.45, 2.75) is 27.1 Å². The van der Waals surface area contributed by atoms with Crippen molar-refractivity contribution in [1.29, 1.82) is 0 Å². The van der Waals surface area contributed by atoms with Gasteiger partial charge >= 0.3 is 0 Å². The summed E-state index contributed by atoms with van der Waals surface area (Å²) >= 11 is 0. The van der Waals surface area contributed by atoms with E-state index in [1.807, 2.05) is 0 Å². The summed E-state index contributed by atoms with van der Waals surface area (Å²) in [5.74, 6) is -0.871. The molecule has 1 heterocycles. The first-order valence-electron chi connectivity index (χ1n) is 4.51. The van der Waals surface area contributed by atoms with E-state index >= 15 is 0 Å². The lowest BCUT2D eigenvalue weighted by Gasteiger charge is -2.07. The van der Waals surface area contributed by atoms with Crippen molar-refractivity contribution < 1.29 is 25.2 Å². The average Bonchev–Trinajstić information content (AvgIpc) is 2.21. The molecule has 4 N–H and O–H groups in total. The molecule has 0 aliphatic heterocycles. The minimum Gasteiger partial charge on any atom is -0.506 e. The minimum absolute atomic E-state index is 0.0379. The third kappa shape index (κ3) is 4.24. The summed E-state index contributed by atoms with van der Waals surface area (Å²) in [4.78, 5) is 12.8. The number of pyridine rings is 1. The standard InChI is InChI=1S/C8H11NO3.C2H4O2/c1-5-8(12)7(4-11)6(3-10)2-9-5;1-2(3)4/h2,10-12H,3-4H2,1H3;1H3,(H,3,4). The quantitative estimate of drug-likeness (QED) is 0.575. The second-order valence-corrected chi connectivity index (χ2v) is 3.03. The molecule has 0 aliphatic carbocycles. The maximum atomic E-state index is 9.38. The summed E-state index contributed by atoms with van der Waals surface area (Å²) in [5.41, 5.74) is 1.27. The Morgan fingerprint density at radius 2 is 1.88 bits per heavy atom. The topological polar surface area (TPSA) is 111 Å². The molecule has 0 radical (unpaired) electrons. The van der Waals surface area contributed by atoms with Gasteiger partial charge in [0.25, 0.3) is 5.97 Å². The average molecular weight is 229 g/mol. The third-order valence-electron chi connectivity index (χ3n) is 1.76. The zero-order valence-electron chi connectivity index (χ0n) is 9.14. The minimum atomic E-state index is -0.833. The van der Waals surface area contributed by atoms with Gasteiger partial charge in [0, 0.05) is 24.2 Å². The molecule has 90 valence electrons. The lowest BCUT2D eigenvalue weighted by Crippen LogP contribution is -1.98. The Bertz CT molecular complexity index is 360. The molecule has 0 saturated heterocycles. The number of nitrogens with zero attached hydrogens (tertiary/aromatic N) is 1. The molecule has 0 unspecified atom stereocenters. The summed E-state index contributed by atoms with van der Waals surface area (Å²) in [6.07, 6.45) is 1.45. The van der Waals surface area contributed by atoms with Crippen molar-refractivity contribution >= 4 is 5.97 Å². The Kier molecular flexibility index (Phi) is 6.06. The summed E-state index contributed by atoms with van der Waals surface area (Å²) in [6.45, 7) is 2.21. The van der Waals surface area contributed by atoms with Crippen LogP contribution < -0.4 is 0 Å². The normalized spacial score (nSPS) is 9.25. The van der Waals surface area contributed by atoms with Crippen molar-refractivity contribution in [3.63, 3.8) is 0 Å². The van der Waals surface area contributed by atoms with Crippen LogP contribution in [0.5, 0.6) is 5.75 Å². The van der Waals surface area contributed by atoms with Crippen LogP contribution in [0.15, 0.2) is 6.20 Å². The molecular weight excluding hydrogens is 214 g/mol. The molecule has 6 nitrogen and oxygen atoms in total. The summed E-state index contributed by atoms with van der Waals surface area (Å²) in [7, 11) is 0. The molecule has 0 amide bonds. The van der Waals surface area contributed by atoms with Gasteiger partial charge < -0.3 is 20.4 Å². The van der Waals surface area contributed by atoms with Crippen LogP contribution in [0.2, 0.25) is 0 Å². The predicted molar refractivity (Wildman–Crippen MR) is 55.8 cm³/mol. The predicted octanol–water partition coefficient (Wildman–Crippen LogP) is 0.171. The van der Waals surface area contributed by atoms with Gasteiger partial charge in [0.2, 0.25) is 0 Å². The zero-order valence-corrected chi connectivity index (χ0v) is 9.14. The number of aliphatic carboxylic acids is 1. The summed E-state index contributed by atoms with van der Waals surface area (Å²) < 4.78 is 0. The Balaban J connectivity index is 0.000000487. The fourth-order valence-electron chi connectivity index (χ4n) is 0.997. The van der Waals surface area contributed by atoms with Gasteiger partial charge in [-0.2, -0.15) is 0 Å². The lowest BCUT2D eigenvalue weighted by atomic mass is 10.1. The Morgan fingerprint density at radius 3 is 2.25 bits per heavy atom. The lowest BCUT2D eigenvalue weighted by molar-refractivity contribution is -0.134. The van der Waals surface area contributed by atoms with Gasteiger partial charge in [-0.15, -0.1) is 0 Å². The smallest absolute Gasteiger partial charge is 0.300 e. The second-order valence-electron chi connectivity index (χ2n) is 3.03. The highest BCUT2D eigenvalue weighted by Crippen LogP contribution is 2.23. The van der Waals surface area contributed by atoms with Crippen molar-refractivity contribution in [3.8, 4) is 5.75 Å². The molecule has 0 saturated carbocycles. The third-order valence-corrected chi connectivity index (χ3v) is 1.76. The molecular formula is C10H15NO5. The van der Waals surface area contributed by atoms with Crippen molar-refractivity contribution in [2.75, 3.05) is 0 Å². The van der Waals surface area contributed by atoms with Gasteiger partial charge in [-0.1, -0.05) is 0 Å². The van der Waals surface area contributed by atoms with E-state index in [4.69, 9.17) is 20.1 Å². The molecule has 0 aromatic carbocycles. The fourth-order valence-corrected chi connectivity index (χ4v) is 0.997. The zero-order chi connectivity index (χ0) is 12.7. The number of carboxylic acids is 1. The van der Waals surface area contributed by atoms with Gasteiger partial charge in [0.15, 0.2) is 0 Å². The molecule has 1 aromatic rings. The SMILES string of the molecule is CC(=O)O.Cc1ncc(CO)c(CO)c1O. The number of aromatic nitrogens is 1. The van der Waals surface area contributed by atoms with Gasteiger partial charge in [0.05, 0.1) is 18.9 Å². The van der Waals surface area contributed by atoms with E-state index in [0.29, 0.717) is 16.8 Å². The number of carbonyl (C=O) groups is 1. The van der Waals surface area contributed by atoms with E-state index in [2.05, 4.69) is 4.98 Å². The van der Waals surface area contributed by atoms with Crippen LogP contribution in [-0.2, 0) is 18.0 Å². The Labute approximate surface area is 92.8 Å². The van der Waals surface area contributed by atoms with Crippen LogP contribution in [0.4, 0.5) is 0 Å². The number of aryl methyl sites for hydroxylation is 1. The molecule has 6 heteroatoms. The number of aliphatic hydroxyl groups excluding tert-OH is 2. The molecule has 1 rings (SSSR count). The van der Waals surface area contributed by atoms with Crippen LogP contribution in [0, 0.1) is 6.92 Å². The summed E-state index contributed by atoms with van der Waals surface area (Å²) in [5, 5.41) is 34.5. The van der Waals surface area contributed by atoms with Gasteiger partial charge in [-0.25, -0.2) is 0 Å². The first-order chi connectivity index (χ1) is 7.43. The molecule has 0 bridgehead atoms. The number of carboxylic acid groups (broad SMARTS) is 1. The number of hydrogen-bond donors (Lipinski definition) is 4. The maximum Gasteiger partial charge on any atom is 0.300 e. The van der Waals surface area contributed by atoms with Crippen LogP contribution in [0.1, 0.15) is 23.7 Å². The Hall–Kier alpha value is -1.66. The fraction of sp³-hybridized carbons (Fsp3) is 0.400. The second kappa shape index (κ2) is 6.76. The van der Waals surface area contributed by atoms with E-state index in [-0.39, 0.29) is 19.0 Å². The molecule has 0 atom stereocenters. The molecule has 1 aromatic heterocycles. The molecule has 16 heavy (non-hydrogen) atoms. The first kappa shape index (κ1) is 14.3. The van der Waals surface area contributed by atoms with Gasteiger partial charge in [-0.3, -0.25) is 9.78 Å². The van der Waals surface area contributed by atoms with Crippen molar-refractivity contribution in [3.05, 3.63) is 23.0 Å². The highest BCUT2D eigenvalue weighted by atomic mass is 16.4. The van der Waals surface area contributed by atoms with Crippen LogP contribution >= 0.6 is 0 Å². The van der Waals surface area contributed by atoms with Crippen LogP contribution in [0.3, 0.4) is 0 Å². The summed E-state index contributed by atoms with van der Waals surface area (Å²) in [6, 6.07) is 0. The number of aromatic hydroxyl groups is 1. The number of hydrogen-bond acceptors (Lipinski definition) is 5. The number of rotatable bonds is 2. The van der Waals surface area contributed by atoms with Gasteiger partial charge in [0.1, 0.15) is 5.75 Å². The molecule has 0 spiro atoms. The maximum absolute atomic E-state index is 9.38. The van der Waals surface area contributed by atoms with Crippen LogP contribution in [0.25, 0.3) is 0 Å². The van der Waals surface area contributed by atoms with E-state index in [0.717, 1.165) is 6.92 Å². The highest BCUT2D eigenvalue weighted by Gasteiger charge is 2.09. The largest absolute Gasteiger partial charge is 0.506 e. The van der Waals surface area contributed by atoms with E-state index < -0.39 is 5.97 Å². The molecule has 0 aliphatic rings. The van der Waals surface area contributed by atoms with Gasteiger partial charge in [-0.05, 0) is 6.92 Å². The van der Waals surface area contributed by atoms with E-state index in [9.17, 15) is 5.11 Å². The monoisotopic (exact) mass is 229 g/mol. The van der Waals surface area contributed by atoms with E-state index in [1.54, 1.807) is 6.92 Å². The van der Waals surface area contributed by atoms with Crippen molar-refractivity contribution in [2.24, 2.45) is 0 Å². The van der Waals surface area contributed by atoms with E-state index in [1.165, 1.54) is 6.20 Å². The van der Waals surface area contributed by atoms with Crippen molar-refractivity contribution in [1.82, 2.24) is 4.98 Å². The highest BCUT2D eigenvalue weighted by molar-refractivity contribution is 5.62. The Morgan fingerprint density at radius 1 is 1.38 bits per heavy atom. The molecule has 0 fully saturated rings. The first-order valence-corrected chi connectivity index (χ1v) is 4.51. The van der Waals surface area contributed by atoms with Crippen LogP contribution in [-0.4, -0.2) is 31.4 Å². The number of aliphatic hydroxyl groups is 2.